The van der Waals surface area contributed by atoms with Gasteiger partial charge in [-0.3, -0.25) is 0 Å². The van der Waals surface area contributed by atoms with Crippen LogP contribution in [0.4, 0.5) is 4.79 Å². The van der Waals surface area contributed by atoms with E-state index in [2.05, 4.69) is 15.6 Å². The topological polar surface area (TPSA) is 63.2 Å². The molecule has 0 bridgehead atoms. The molecule has 1 aromatic heterocycles. The molecule has 1 heterocycles. The standard InChI is InChI=1S/C13H23N3O2S/c1-5-10(16-12(17)18-13(2,3)4)8-14-9-11-15-6-7-19-11/h6-7,10,14H,5,8-9H2,1-4H3,(H,16,17). The van der Waals surface area contributed by atoms with Gasteiger partial charge in [-0.1, -0.05) is 6.92 Å². The number of carbonyl (C=O) groups excluding carboxylic acids is 1. The van der Waals surface area contributed by atoms with Gasteiger partial charge in [-0.25, -0.2) is 9.78 Å². The number of aromatic nitrogens is 1. The van der Waals surface area contributed by atoms with Crippen LogP contribution in [0.2, 0.25) is 0 Å². The van der Waals surface area contributed by atoms with Crippen molar-refractivity contribution in [1.29, 1.82) is 0 Å². The second kappa shape index (κ2) is 7.45. The molecule has 0 radical (unpaired) electrons. The summed E-state index contributed by atoms with van der Waals surface area (Å²) in [5, 5.41) is 9.15. The van der Waals surface area contributed by atoms with Gasteiger partial charge in [0, 0.05) is 30.7 Å². The zero-order chi connectivity index (χ0) is 14.3. The van der Waals surface area contributed by atoms with E-state index in [1.165, 1.54) is 0 Å². The molecule has 0 aliphatic carbocycles. The van der Waals surface area contributed by atoms with E-state index in [4.69, 9.17) is 4.74 Å². The summed E-state index contributed by atoms with van der Waals surface area (Å²) in [6.45, 7) is 9.03. The zero-order valence-corrected chi connectivity index (χ0v) is 12.8. The minimum Gasteiger partial charge on any atom is -0.444 e. The highest BCUT2D eigenvalue weighted by Gasteiger charge is 2.18. The van der Waals surface area contributed by atoms with E-state index in [0.29, 0.717) is 6.54 Å². The highest BCUT2D eigenvalue weighted by atomic mass is 32.1. The van der Waals surface area contributed by atoms with Crippen molar-refractivity contribution in [3.63, 3.8) is 0 Å². The minimum atomic E-state index is -0.462. The molecule has 108 valence electrons. The van der Waals surface area contributed by atoms with Crippen LogP contribution < -0.4 is 10.6 Å². The van der Waals surface area contributed by atoms with Gasteiger partial charge in [0.15, 0.2) is 0 Å². The number of rotatable bonds is 6. The Morgan fingerprint density at radius 1 is 1.53 bits per heavy atom. The first kappa shape index (κ1) is 15.9. The molecule has 0 fully saturated rings. The van der Waals surface area contributed by atoms with Gasteiger partial charge in [-0.2, -0.15) is 0 Å². The molecule has 1 unspecified atom stereocenters. The third-order valence-corrected chi connectivity index (χ3v) is 3.14. The summed E-state index contributed by atoms with van der Waals surface area (Å²) in [4.78, 5) is 15.8. The number of carbonyl (C=O) groups is 1. The van der Waals surface area contributed by atoms with Crippen molar-refractivity contribution in [3.05, 3.63) is 16.6 Å². The maximum atomic E-state index is 11.6. The van der Waals surface area contributed by atoms with Crippen LogP contribution in [0.5, 0.6) is 0 Å². The summed E-state index contributed by atoms with van der Waals surface area (Å²) >= 11 is 1.62. The predicted molar refractivity (Wildman–Crippen MR) is 77.3 cm³/mol. The van der Waals surface area contributed by atoms with E-state index in [0.717, 1.165) is 18.0 Å². The van der Waals surface area contributed by atoms with Crippen LogP contribution in [0.15, 0.2) is 11.6 Å². The Hall–Kier alpha value is -1.14. The van der Waals surface area contributed by atoms with Crippen molar-refractivity contribution >= 4 is 17.4 Å². The monoisotopic (exact) mass is 285 g/mol. The van der Waals surface area contributed by atoms with E-state index in [1.807, 2.05) is 33.1 Å². The van der Waals surface area contributed by atoms with E-state index in [-0.39, 0.29) is 12.1 Å². The molecule has 0 saturated carbocycles. The number of ether oxygens (including phenoxy) is 1. The van der Waals surface area contributed by atoms with Crippen LogP contribution in [0.25, 0.3) is 0 Å². The van der Waals surface area contributed by atoms with Gasteiger partial charge in [0.1, 0.15) is 10.6 Å². The third-order valence-electron chi connectivity index (χ3n) is 2.36. The molecular formula is C13H23N3O2S. The molecule has 1 atom stereocenters. The van der Waals surface area contributed by atoms with Gasteiger partial charge in [0.25, 0.3) is 0 Å². The van der Waals surface area contributed by atoms with Crippen molar-refractivity contribution in [2.75, 3.05) is 6.54 Å². The Balaban J connectivity index is 2.27. The second-order valence-corrected chi connectivity index (χ2v) is 6.29. The molecule has 19 heavy (non-hydrogen) atoms. The molecule has 1 amide bonds. The fourth-order valence-electron chi connectivity index (χ4n) is 1.47. The van der Waals surface area contributed by atoms with Crippen LogP contribution >= 0.6 is 11.3 Å². The first-order chi connectivity index (χ1) is 8.90. The maximum Gasteiger partial charge on any atom is 0.407 e. The summed E-state index contributed by atoms with van der Waals surface area (Å²) in [7, 11) is 0. The summed E-state index contributed by atoms with van der Waals surface area (Å²) in [6.07, 6.45) is 2.28. The van der Waals surface area contributed by atoms with Crippen LogP contribution in [-0.2, 0) is 11.3 Å². The van der Waals surface area contributed by atoms with Crippen LogP contribution in [0.3, 0.4) is 0 Å². The summed E-state index contributed by atoms with van der Waals surface area (Å²) in [5.74, 6) is 0. The van der Waals surface area contributed by atoms with Crippen molar-refractivity contribution < 1.29 is 9.53 Å². The smallest absolute Gasteiger partial charge is 0.407 e. The summed E-state index contributed by atoms with van der Waals surface area (Å²) in [5.41, 5.74) is -0.462. The molecule has 1 rings (SSSR count). The van der Waals surface area contributed by atoms with E-state index < -0.39 is 5.60 Å². The molecule has 0 spiro atoms. The highest BCUT2D eigenvalue weighted by Crippen LogP contribution is 2.07. The van der Waals surface area contributed by atoms with E-state index in [1.54, 1.807) is 17.5 Å². The van der Waals surface area contributed by atoms with Crippen LogP contribution in [0.1, 0.15) is 39.1 Å². The molecule has 0 saturated heterocycles. The first-order valence-electron chi connectivity index (χ1n) is 6.49. The lowest BCUT2D eigenvalue weighted by molar-refractivity contribution is 0.0502. The first-order valence-corrected chi connectivity index (χ1v) is 7.37. The lowest BCUT2D eigenvalue weighted by Gasteiger charge is -2.23. The quantitative estimate of drug-likeness (QED) is 0.843. The fraction of sp³-hybridized carbons (Fsp3) is 0.692. The Morgan fingerprint density at radius 2 is 2.26 bits per heavy atom. The van der Waals surface area contributed by atoms with Gasteiger partial charge in [-0.05, 0) is 27.2 Å². The summed E-state index contributed by atoms with van der Waals surface area (Å²) < 4.78 is 5.23. The van der Waals surface area contributed by atoms with Gasteiger partial charge < -0.3 is 15.4 Å². The van der Waals surface area contributed by atoms with Crippen molar-refractivity contribution in [1.82, 2.24) is 15.6 Å². The highest BCUT2D eigenvalue weighted by molar-refractivity contribution is 7.09. The molecule has 1 aromatic rings. The van der Waals surface area contributed by atoms with Crippen molar-refractivity contribution in [2.24, 2.45) is 0 Å². The molecule has 5 nitrogen and oxygen atoms in total. The van der Waals surface area contributed by atoms with Gasteiger partial charge in [0.05, 0.1) is 0 Å². The molecule has 0 aromatic carbocycles. The number of nitrogens with zero attached hydrogens (tertiary/aromatic N) is 1. The normalized spacial score (nSPS) is 13.1. The average Bonchev–Trinajstić information content (AvgIpc) is 2.78. The Bertz CT molecular complexity index is 374. The van der Waals surface area contributed by atoms with E-state index >= 15 is 0 Å². The molecular weight excluding hydrogens is 262 g/mol. The minimum absolute atomic E-state index is 0.0646. The number of hydrogen-bond donors (Lipinski definition) is 2. The Labute approximate surface area is 118 Å². The van der Waals surface area contributed by atoms with Crippen LogP contribution in [-0.4, -0.2) is 29.3 Å². The van der Waals surface area contributed by atoms with Crippen molar-refractivity contribution in [3.8, 4) is 0 Å². The number of thiazole rings is 1. The summed E-state index contributed by atoms with van der Waals surface area (Å²) in [6, 6.07) is 0.0646. The Kier molecular flexibility index (Phi) is 6.24. The van der Waals surface area contributed by atoms with Crippen molar-refractivity contribution in [2.45, 2.75) is 52.3 Å². The predicted octanol–water partition coefficient (Wildman–Crippen LogP) is 2.54. The second-order valence-electron chi connectivity index (χ2n) is 5.31. The fourth-order valence-corrected chi connectivity index (χ4v) is 2.05. The molecule has 6 heteroatoms. The lowest BCUT2D eigenvalue weighted by Crippen LogP contribution is -2.43. The zero-order valence-electron chi connectivity index (χ0n) is 12.0. The van der Waals surface area contributed by atoms with Crippen LogP contribution in [0, 0.1) is 0 Å². The Morgan fingerprint density at radius 3 is 2.79 bits per heavy atom. The maximum absolute atomic E-state index is 11.6. The van der Waals surface area contributed by atoms with Gasteiger partial charge in [0.2, 0.25) is 0 Å². The van der Waals surface area contributed by atoms with E-state index in [9.17, 15) is 4.79 Å². The number of alkyl carbamates (subject to hydrolysis) is 1. The number of amides is 1. The number of hydrogen-bond acceptors (Lipinski definition) is 5. The van der Waals surface area contributed by atoms with Gasteiger partial charge >= 0.3 is 6.09 Å². The largest absolute Gasteiger partial charge is 0.444 e. The lowest BCUT2D eigenvalue weighted by atomic mass is 10.2. The average molecular weight is 285 g/mol. The molecule has 0 aliphatic rings. The molecule has 0 aliphatic heterocycles. The SMILES string of the molecule is CCC(CNCc1nccs1)NC(=O)OC(C)(C)C. The third kappa shape index (κ3) is 7.12. The molecule has 2 N–H and O–H groups in total. The van der Waals surface area contributed by atoms with Gasteiger partial charge in [-0.15, -0.1) is 11.3 Å². The number of nitrogens with one attached hydrogen (secondary N) is 2.